The number of carbonyl (C=O) groups excluding carboxylic acids is 1. The molecule has 0 bridgehead atoms. The van der Waals surface area contributed by atoms with Crippen LogP contribution in [-0.2, 0) is 0 Å². The Hall–Kier alpha value is -1.85. The topological polar surface area (TPSA) is 47.8 Å². The van der Waals surface area contributed by atoms with Crippen molar-refractivity contribution in [1.82, 2.24) is 15.0 Å². The monoisotopic (exact) mass is 303 g/mol. The van der Waals surface area contributed by atoms with E-state index >= 15 is 0 Å². The van der Waals surface area contributed by atoms with Crippen molar-refractivity contribution in [2.75, 3.05) is 5.75 Å². The summed E-state index contributed by atoms with van der Waals surface area (Å²) in [4.78, 5) is 13.3. The van der Waals surface area contributed by atoms with Gasteiger partial charge in [-0.2, -0.15) is 4.68 Å². The van der Waals surface area contributed by atoms with Crippen LogP contribution in [0.4, 0.5) is 0 Å². The van der Waals surface area contributed by atoms with Crippen molar-refractivity contribution in [3.8, 4) is 0 Å². The molecule has 0 aliphatic rings. The van der Waals surface area contributed by atoms with Gasteiger partial charge in [-0.15, -0.1) is 16.9 Å². The number of nitrogens with zero attached hydrogens (tertiary/aromatic N) is 3. The second-order valence-corrected chi connectivity index (χ2v) is 5.56. The summed E-state index contributed by atoms with van der Waals surface area (Å²) >= 11 is 7.56. The number of benzene rings is 2. The first-order valence-electron chi connectivity index (χ1n) is 5.96. The SMILES string of the molecule is O=C(CSc1ccccc1)n1nnc2cccc(Cl)c21. The number of aromatic nitrogens is 3. The third kappa shape index (κ3) is 2.55. The van der Waals surface area contributed by atoms with Crippen LogP contribution in [-0.4, -0.2) is 26.7 Å². The zero-order valence-electron chi connectivity index (χ0n) is 10.4. The highest BCUT2D eigenvalue weighted by Crippen LogP contribution is 2.22. The molecular weight excluding hydrogens is 294 g/mol. The van der Waals surface area contributed by atoms with Crippen LogP contribution in [0.5, 0.6) is 0 Å². The highest BCUT2D eigenvalue weighted by atomic mass is 35.5. The Morgan fingerprint density at radius 3 is 2.75 bits per heavy atom. The maximum atomic E-state index is 12.2. The number of hydrogen-bond acceptors (Lipinski definition) is 4. The fraction of sp³-hybridized carbons (Fsp3) is 0.0714. The highest BCUT2D eigenvalue weighted by Gasteiger charge is 2.14. The Balaban J connectivity index is 1.83. The fourth-order valence-corrected chi connectivity index (χ4v) is 2.84. The Morgan fingerprint density at radius 2 is 1.95 bits per heavy atom. The average Bonchev–Trinajstić information content (AvgIpc) is 2.91. The standard InChI is InChI=1S/C14H10ClN3OS/c15-11-7-4-8-12-14(11)18(17-16-12)13(19)9-20-10-5-2-1-3-6-10/h1-8H,9H2. The van der Waals surface area contributed by atoms with Crippen LogP contribution < -0.4 is 0 Å². The van der Waals surface area contributed by atoms with Crippen LogP contribution in [0.25, 0.3) is 11.0 Å². The molecule has 2 aromatic carbocycles. The molecule has 100 valence electrons. The molecule has 0 aliphatic heterocycles. The third-order valence-electron chi connectivity index (χ3n) is 2.76. The lowest BCUT2D eigenvalue weighted by atomic mass is 10.3. The second kappa shape index (κ2) is 5.64. The summed E-state index contributed by atoms with van der Waals surface area (Å²) in [5, 5.41) is 8.32. The van der Waals surface area contributed by atoms with Crippen LogP contribution in [0, 0.1) is 0 Å². The molecule has 0 amide bonds. The number of hydrogen-bond donors (Lipinski definition) is 0. The molecule has 0 unspecified atom stereocenters. The number of fused-ring (bicyclic) bond motifs is 1. The van der Waals surface area contributed by atoms with E-state index in [-0.39, 0.29) is 11.7 Å². The van der Waals surface area contributed by atoms with Gasteiger partial charge in [0.1, 0.15) is 11.0 Å². The van der Waals surface area contributed by atoms with Crippen molar-refractivity contribution in [2.45, 2.75) is 4.90 Å². The molecule has 0 atom stereocenters. The van der Waals surface area contributed by atoms with Gasteiger partial charge in [0.05, 0.1) is 10.8 Å². The molecule has 1 aromatic heterocycles. The summed E-state index contributed by atoms with van der Waals surface area (Å²) in [5.41, 5.74) is 1.18. The summed E-state index contributed by atoms with van der Waals surface area (Å²) in [6.07, 6.45) is 0. The second-order valence-electron chi connectivity index (χ2n) is 4.10. The summed E-state index contributed by atoms with van der Waals surface area (Å²) < 4.78 is 1.27. The predicted molar refractivity (Wildman–Crippen MR) is 80.3 cm³/mol. The van der Waals surface area contributed by atoms with E-state index in [9.17, 15) is 4.79 Å². The smallest absolute Gasteiger partial charge is 0.259 e. The van der Waals surface area contributed by atoms with Gasteiger partial charge in [-0.1, -0.05) is 41.1 Å². The van der Waals surface area contributed by atoms with Gasteiger partial charge in [-0.3, -0.25) is 4.79 Å². The van der Waals surface area contributed by atoms with Crippen molar-refractivity contribution >= 4 is 40.3 Å². The van der Waals surface area contributed by atoms with Crippen LogP contribution >= 0.6 is 23.4 Å². The first kappa shape index (κ1) is 13.1. The van der Waals surface area contributed by atoms with E-state index in [1.165, 1.54) is 16.4 Å². The zero-order valence-corrected chi connectivity index (χ0v) is 11.9. The Bertz CT molecular complexity index is 757. The van der Waals surface area contributed by atoms with Crippen molar-refractivity contribution in [3.63, 3.8) is 0 Å². The van der Waals surface area contributed by atoms with Gasteiger partial charge in [-0.05, 0) is 24.3 Å². The minimum atomic E-state index is -0.144. The zero-order chi connectivity index (χ0) is 13.9. The Labute approximate surface area is 124 Å². The molecule has 1 heterocycles. The molecule has 6 heteroatoms. The summed E-state index contributed by atoms with van der Waals surface area (Å²) in [6.45, 7) is 0. The quantitative estimate of drug-likeness (QED) is 0.695. The summed E-state index contributed by atoms with van der Waals surface area (Å²) in [7, 11) is 0. The minimum absolute atomic E-state index is 0.144. The molecule has 0 N–H and O–H groups in total. The number of rotatable bonds is 3. The van der Waals surface area contributed by atoms with Gasteiger partial charge >= 0.3 is 0 Å². The van der Waals surface area contributed by atoms with E-state index in [1.54, 1.807) is 18.2 Å². The predicted octanol–water partition coefficient (Wildman–Crippen LogP) is 3.52. The summed E-state index contributed by atoms with van der Waals surface area (Å²) in [5.74, 6) is 0.141. The lowest BCUT2D eigenvalue weighted by Crippen LogP contribution is -2.15. The molecule has 3 rings (SSSR count). The van der Waals surface area contributed by atoms with E-state index < -0.39 is 0 Å². The van der Waals surface area contributed by atoms with Gasteiger partial charge < -0.3 is 0 Å². The summed E-state index contributed by atoms with van der Waals surface area (Å²) in [6, 6.07) is 15.0. The van der Waals surface area contributed by atoms with Crippen molar-refractivity contribution in [1.29, 1.82) is 0 Å². The van der Waals surface area contributed by atoms with Gasteiger partial charge in [0.15, 0.2) is 0 Å². The van der Waals surface area contributed by atoms with E-state index in [1.807, 2.05) is 30.3 Å². The molecule has 0 spiro atoms. The fourth-order valence-electron chi connectivity index (χ4n) is 1.83. The maximum Gasteiger partial charge on any atom is 0.259 e. The van der Waals surface area contributed by atoms with Crippen LogP contribution in [0.1, 0.15) is 4.79 Å². The van der Waals surface area contributed by atoms with Gasteiger partial charge in [0.25, 0.3) is 5.91 Å². The van der Waals surface area contributed by atoms with Crippen LogP contribution in [0.2, 0.25) is 5.02 Å². The van der Waals surface area contributed by atoms with E-state index in [0.29, 0.717) is 16.1 Å². The van der Waals surface area contributed by atoms with Gasteiger partial charge in [0.2, 0.25) is 0 Å². The van der Waals surface area contributed by atoms with Crippen LogP contribution in [0.3, 0.4) is 0 Å². The molecule has 3 aromatic rings. The molecule has 20 heavy (non-hydrogen) atoms. The number of para-hydroxylation sites is 1. The number of carbonyl (C=O) groups is 1. The lowest BCUT2D eigenvalue weighted by molar-refractivity contribution is 0.0929. The molecular formula is C14H10ClN3OS. The molecule has 0 radical (unpaired) electrons. The Kier molecular flexibility index (Phi) is 3.71. The first-order valence-corrected chi connectivity index (χ1v) is 7.33. The van der Waals surface area contributed by atoms with Crippen molar-refractivity contribution < 1.29 is 4.79 Å². The van der Waals surface area contributed by atoms with Crippen molar-refractivity contribution in [3.05, 3.63) is 53.6 Å². The number of thioether (sulfide) groups is 1. The number of halogens is 1. The molecule has 0 saturated heterocycles. The van der Waals surface area contributed by atoms with Gasteiger partial charge in [-0.25, -0.2) is 0 Å². The Morgan fingerprint density at radius 1 is 1.15 bits per heavy atom. The molecule has 0 saturated carbocycles. The van der Waals surface area contributed by atoms with E-state index in [0.717, 1.165) is 4.90 Å². The molecule has 4 nitrogen and oxygen atoms in total. The van der Waals surface area contributed by atoms with Crippen molar-refractivity contribution in [2.24, 2.45) is 0 Å². The molecule has 0 aliphatic carbocycles. The molecule has 0 fully saturated rings. The largest absolute Gasteiger partial charge is 0.272 e. The average molecular weight is 304 g/mol. The normalized spacial score (nSPS) is 10.8. The van der Waals surface area contributed by atoms with E-state index in [2.05, 4.69) is 10.3 Å². The first-order chi connectivity index (χ1) is 9.75. The van der Waals surface area contributed by atoms with Crippen LogP contribution in [0.15, 0.2) is 53.4 Å². The highest BCUT2D eigenvalue weighted by molar-refractivity contribution is 8.00. The maximum absolute atomic E-state index is 12.2. The third-order valence-corrected chi connectivity index (χ3v) is 4.06. The minimum Gasteiger partial charge on any atom is -0.272 e. The lowest BCUT2D eigenvalue weighted by Gasteiger charge is -2.02. The van der Waals surface area contributed by atoms with Gasteiger partial charge in [0, 0.05) is 4.90 Å². The van der Waals surface area contributed by atoms with E-state index in [4.69, 9.17) is 11.6 Å².